The number of likely N-dealkylation sites (N-methyl/N-ethyl adjacent to an activating group) is 1. The van der Waals surface area contributed by atoms with Crippen LogP contribution in [0, 0.1) is 0 Å². The van der Waals surface area contributed by atoms with Crippen molar-refractivity contribution in [2.75, 3.05) is 13.7 Å². The van der Waals surface area contributed by atoms with E-state index in [1.54, 1.807) is 0 Å². The van der Waals surface area contributed by atoms with E-state index in [-0.39, 0.29) is 0 Å². The van der Waals surface area contributed by atoms with E-state index < -0.39 is 0 Å². The number of hydrogen-bond donors (Lipinski definition) is 1. The highest BCUT2D eigenvalue weighted by atomic mass is 16.6. The number of hydrogen-bond acceptors (Lipinski definition) is 2. The third-order valence-corrected chi connectivity index (χ3v) is 1.37. The standard InChI is InChI=1S/C5H11NO/c1-4(6-2)5-3-7-5/h4-6H,3H2,1-2H3/t4-,5+/m0/s1. The summed E-state index contributed by atoms with van der Waals surface area (Å²) < 4.78 is 5.00. The van der Waals surface area contributed by atoms with Gasteiger partial charge in [-0.15, -0.1) is 0 Å². The predicted octanol–water partition coefficient (Wildman–Crippen LogP) is -0.00690. The summed E-state index contributed by atoms with van der Waals surface area (Å²) in [5, 5.41) is 3.10. The van der Waals surface area contributed by atoms with Gasteiger partial charge in [0, 0.05) is 6.04 Å². The Kier molecular flexibility index (Phi) is 1.30. The van der Waals surface area contributed by atoms with E-state index in [1.165, 1.54) is 0 Å². The summed E-state index contributed by atoms with van der Waals surface area (Å²) >= 11 is 0. The highest BCUT2D eigenvalue weighted by molar-refractivity contribution is 4.79. The van der Waals surface area contributed by atoms with Crippen LogP contribution in [0.4, 0.5) is 0 Å². The van der Waals surface area contributed by atoms with Gasteiger partial charge in [0.05, 0.1) is 12.7 Å². The molecule has 1 saturated heterocycles. The first kappa shape index (κ1) is 5.06. The maximum absolute atomic E-state index is 5.00. The minimum atomic E-state index is 0.505. The molecule has 42 valence electrons. The molecule has 2 heteroatoms. The van der Waals surface area contributed by atoms with Gasteiger partial charge in [-0.25, -0.2) is 0 Å². The van der Waals surface area contributed by atoms with E-state index in [1.807, 2.05) is 7.05 Å². The molecule has 0 unspecified atom stereocenters. The molecule has 0 aromatic carbocycles. The Morgan fingerprint density at radius 2 is 2.43 bits per heavy atom. The maximum atomic E-state index is 5.00. The van der Waals surface area contributed by atoms with E-state index in [0.717, 1.165) is 6.61 Å². The smallest absolute Gasteiger partial charge is 0.0959 e. The second-order valence-electron chi connectivity index (χ2n) is 1.95. The van der Waals surface area contributed by atoms with Crippen LogP contribution in [0.1, 0.15) is 6.92 Å². The molecule has 1 aliphatic rings. The zero-order valence-corrected chi connectivity index (χ0v) is 4.77. The van der Waals surface area contributed by atoms with Crippen molar-refractivity contribution in [2.24, 2.45) is 0 Å². The van der Waals surface area contributed by atoms with Gasteiger partial charge in [0.15, 0.2) is 0 Å². The van der Waals surface area contributed by atoms with Crippen molar-refractivity contribution in [1.82, 2.24) is 5.32 Å². The van der Waals surface area contributed by atoms with Gasteiger partial charge in [-0.05, 0) is 14.0 Å². The first-order chi connectivity index (χ1) is 3.34. The molecule has 0 spiro atoms. The van der Waals surface area contributed by atoms with E-state index in [0.29, 0.717) is 12.1 Å². The Morgan fingerprint density at radius 3 is 2.57 bits per heavy atom. The lowest BCUT2D eigenvalue weighted by atomic mass is 10.3. The third kappa shape index (κ3) is 1.14. The van der Waals surface area contributed by atoms with Crippen molar-refractivity contribution in [1.29, 1.82) is 0 Å². The third-order valence-electron chi connectivity index (χ3n) is 1.37. The fourth-order valence-electron chi connectivity index (χ4n) is 0.530. The van der Waals surface area contributed by atoms with Gasteiger partial charge in [-0.1, -0.05) is 0 Å². The summed E-state index contributed by atoms with van der Waals surface area (Å²) in [5.74, 6) is 0. The van der Waals surface area contributed by atoms with Crippen LogP contribution < -0.4 is 5.32 Å². The van der Waals surface area contributed by atoms with E-state index in [4.69, 9.17) is 4.74 Å². The molecular formula is C5H11NO. The predicted molar refractivity (Wildman–Crippen MR) is 28.3 cm³/mol. The molecular weight excluding hydrogens is 90.1 g/mol. The topological polar surface area (TPSA) is 24.6 Å². The van der Waals surface area contributed by atoms with Crippen molar-refractivity contribution in [3.63, 3.8) is 0 Å². The summed E-state index contributed by atoms with van der Waals surface area (Å²) in [6, 6.07) is 0.542. The molecule has 1 N–H and O–H groups in total. The normalized spacial score (nSPS) is 32.6. The molecule has 0 bridgehead atoms. The molecule has 2 nitrogen and oxygen atoms in total. The van der Waals surface area contributed by atoms with Crippen LogP contribution in [-0.4, -0.2) is 25.8 Å². The van der Waals surface area contributed by atoms with Crippen LogP contribution in [0.15, 0.2) is 0 Å². The number of nitrogens with one attached hydrogen (secondary N) is 1. The van der Waals surface area contributed by atoms with Crippen molar-refractivity contribution in [2.45, 2.75) is 19.1 Å². The van der Waals surface area contributed by atoms with Gasteiger partial charge in [-0.3, -0.25) is 0 Å². The molecule has 0 amide bonds. The van der Waals surface area contributed by atoms with Crippen LogP contribution in [0.3, 0.4) is 0 Å². The Labute approximate surface area is 43.9 Å². The van der Waals surface area contributed by atoms with Crippen LogP contribution in [0.25, 0.3) is 0 Å². The first-order valence-electron chi connectivity index (χ1n) is 2.63. The lowest BCUT2D eigenvalue weighted by Gasteiger charge is -2.02. The van der Waals surface area contributed by atoms with E-state index in [2.05, 4.69) is 12.2 Å². The zero-order chi connectivity index (χ0) is 5.28. The van der Waals surface area contributed by atoms with E-state index in [9.17, 15) is 0 Å². The number of ether oxygens (including phenoxy) is 1. The highest BCUT2D eigenvalue weighted by Gasteiger charge is 2.27. The van der Waals surface area contributed by atoms with Crippen LogP contribution in [-0.2, 0) is 4.74 Å². The maximum Gasteiger partial charge on any atom is 0.0959 e. The quantitative estimate of drug-likeness (QED) is 0.495. The average molecular weight is 101 g/mol. The van der Waals surface area contributed by atoms with Crippen LogP contribution >= 0.6 is 0 Å². The summed E-state index contributed by atoms with van der Waals surface area (Å²) in [5.41, 5.74) is 0. The molecule has 0 aromatic heterocycles. The van der Waals surface area contributed by atoms with Gasteiger partial charge >= 0.3 is 0 Å². The average Bonchev–Trinajstić information content (AvgIpc) is 2.44. The number of epoxide rings is 1. The fourth-order valence-corrected chi connectivity index (χ4v) is 0.530. The summed E-state index contributed by atoms with van der Waals surface area (Å²) in [7, 11) is 1.95. The van der Waals surface area contributed by atoms with Crippen molar-refractivity contribution >= 4 is 0 Å². The molecule has 1 fully saturated rings. The van der Waals surface area contributed by atoms with Crippen molar-refractivity contribution in [3.05, 3.63) is 0 Å². The summed E-state index contributed by atoms with van der Waals surface area (Å²) in [6.45, 7) is 3.07. The second-order valence-corrected chi connectivity index (χ2v) is 1.95. The monoisotopic (exact) mass is 101 g/mol. The van der Waals surface area contributed by atoms with Gasteiger partial charge in [0.1, 0.15) is 0 Å². The summed E-state index contributed by atoms with van der Waals surface area (Å²) in [4.78, 5) is 0. The van der Waals surface area contributed by atoms with Gasteiger partial charge in [0.25, 0.3) is 0 Å². The lowest BCUT2D eigenvalue weighted by molar-refractivity contribution is 0.362. The molecule has 0 radical (unpaired) electrons. The molecule has 2 atom stereocenters. The van der Waals surface area contributed by atoms with Crippen LogP contribution in [0.5, 0.6) is 0 Å². The molecule has 1 heterocycles. The minimum Gasteiger partial charge on any atom is -0.371 e. The molecule has 1 aliphatic heterocycles. The van der Waals surface area contributed by atoms with Gasteiger partial charge in [0.2, 0.25) is 0 Å². The first-order valence-corrected chi connectivity index (χ1v) is 2.63. The zero-order valence-electron chi connectivity index (χ0n) is 4.77. The summed E-state index contributed by atoms with van der Waals surface area (Å²) in [6.07, 6.45) is 0.505. The molecule has 1 rings (SSSR count). The Balaban J connectivity index is 2.10. The van der Waals surface area contributed by atoms with E-state index >= 15 is 0 Å². The molecule has 0 aliphatic carbocycles. The van der Waals surface area contributed by atoms with Crippen molar-refractivity contribution in [3.8, 4) is 0 Å². The molecule has 7 heavy (non-hydrogen) atoms. The lowest BCUT2D eigenvalue weighted by Crippen LogP contribution is -2.26. The highest BCUT2D eigenvalue weighted by Crippen LogP contribution is 2.12. The van der Waals surface area contributed by atoms with Crippen molar-refractivity contribution < 1.29 is 4.74 Å². The molecule has 0 aromatic rings. The Bertz CT molecular complexity index is 61.1. The largest absolute Gasteiger partial charge is 0.371 e. The SMILES string of the molecule is CN[C@@H](C)[C@H]1CO1. The number of rotatable bonds is 2. The van der Waals surface area contributed by atoms with Crippen LogP contribution in [0.2, 0.25) is 0 Å². The Morgan fingerprint density at radius 1 is 1.86 bits per heavy atom. The molecule has 0 saturated carbocycles. The fraction of sp³-hybridized carbons (Fsp3) is 1.00. The van der Waals surface area contributed by atoms with Gasteiger partial charge in [-0.2, -0.15) is 0 Å². The second kappa shape index (κ2) is 1.80. The van der Waals surface area contributed by atoms with Gasteiger partial charge < -0.3 is 10.1 Å². The minimum absolute atomic E-state index is 0.505. The Hall–Kier alpha value is -0.0800.